The molecule has 0 radical (unpaired) electrons. The van der Waals surface area contributed by atoms with E-state index in [0.717, 1.165) is 19.6 Å². The molecule has 1 saturated heterocycles. The Balaban J connectivity index is 1.61. The molecule has 0 bridgehead atoms. The minimum atomic E-state index is -3.46. The van der Waals surface area contributed by atoms with Gasteiger partial charge >= 0.3 is 226 Å². The topological polar surface area (TPSA) is 31.8 Å². The summed E-state index contributed by atoms with van der Waals surface area (Å²) in [6.45, 7) is 0. The third-order valence-electron chi connectivity index (χ3n) is 7.95. The second-order valence-corrected chi connectivity index (χ2v) is 19.4. The molecule has 4 aromatic rings. The second-order valence-electron chi connectivity index (χ2n) is 10.3. The molecule has 4 nitrogen and oxygen atoms in total. The van der Waals surface area contributed by atoms with E-state index < -0.39 is 20.8 Å². The van der Waals surface area contributed by atoms with Crippen molar-refractivity contribution >= 4 is 12.4 Å². The summed E-state index contributed by atoms with van der Waals surface area (Å²) < 4.78 is 8.01. The van der Waals surface area contributed by atoms with Crippen LogP contribution in [0.5, 0.6) is 0 Å². The quantitative estimate of drug-likeness (QED) is 0.298. The summed E-state index contributed by atoms with van der Waals surface area (Å²) in [7, 11) is 0. The van der Waals surface area contributed by atoms with Crippen LogP contribution in [0.4, 0.5) is 0 Å². The Morgan fingerprint density at radius 2 is 1.03 bits per heavy atom. The van der Waals surface area contributed by atoms with Crippen molar-refractivity contribution in [3.63, 3.8) is 0 Å². The van der Waals surface area contributed by atoms with Crippen molar-refractivity contribution in [3.05, 3.63) is 132 Å². The summed E-state index contributed by atoms with van der Waals surface area (Å²) in [4.78, 5) is 9.53. The van der Waals surface area contributed by atoms with Crippen LogP contribution in [0.2, 0.25) is 0 Å². The maximum atomic E-state index is 4.76. The standard InChI is InChI=1S/C18H20N4.2C7H7.Zr/c1-2-10-18(22-14-16-8-4-6-12-20-16)17(9-1)21-13-15-7-3-5-11-19-15;2*1-7-5-3-2-4-6-7;/h3-8,11-14,17-18H,1-2,9-10H2;2*2-6H,1H2;/q;;;+2/t17-,18-;;;/m1.../s1. The summed E-state index contributed by atoms with van der Waals surface area (Å²) in [5.74, 6) is 0. The van der Waals surface area contributed by atoms with Crippen LogP contribution < -0.4 is 0 Å². The average molecular weight is 566 g/mol. The molecule has 1 aliphatic carbocycles. The molecule has 6 rings (SSSR count). The molecule has 37 heavy (non-hydrogen) atoms. The van der Waals surface area contributed by atoms with Gasteiger partial charge in [0.1, 0.15) is 0 Å². The number of nitrogens with zero attached hydrogens (tertiary/aromatic N) is 4. The molecule has 0 N–H and O–H groups in total. The zero-order valence-electron chi connectivity index (χ0n) is 21.2. The summed E-state index contributed by atoms with van der Waals surface area (Å²) >= 11 is -3.46. The van der Waals surface area contributed by atoms with Gasteiger partial charge in [0.15, 0.2) is 0 Å². The van der Waals surface area contributed by atoms with Gasteiger partial charge in [0.2, 0.25) is 0 Å². The molecule has 1 saturated carbocycles. The van der Waals surface area contributed by atoms with E-state index in [1.807, 2.05) is 24.5 Å². The molecule has 1 aliphatic heterocycles. The average Bonchev–Trinajstić information content (AvgIpc) is 3.19. The number of benzene rings is 2. The van der Waals surface area contributed by atoms with Gasteiger partial charge in [-0.15, -0.1) is 0 Å². The third-order valence-corrected chi connectivity index (χ3v) is 19.7. The zero-order chi connectivity index (χ0) is 24.9. The Hall–Kier alpha value is -3.04. The molecule has 2 aromatic carbocycles. The third kappa shape index (κ3) is 5.20. The first-order valence-electron chi connectivity index (χ1n) is 13.5. The fourth-order valence-corrected chi connectivity index (χ4v) is 19.9. The number of rotatable bonds is 6. The van der Waals surface area contributed by atoms with E-state index in [1.54, 1.807) is 0 Å². The van der Waals surface area contributed by atoms with Crippen molar-refractivity contribution in [1.82, 2.24) is 9.97 Å². The van der Waals surface area contributed by atoms with Crippen LogP contribution in [0.3, 0.4) is 0 Å². The Bertz CT molecular complexity index is 1260. The van der Waals surface area contributed by atoms with Crippen molar-refractivity contribution in [2.75, 3.05) is 0 Å². The Morgan fingerprint density at radius 3 is 1.43 bits per heavy atom. The van der Waals surface area contributed by atoms with Gasteiger partial charge in [-0.05, 0) is 0 Å². The zero-order valence-corrected chi connectivity index (χ0v) is 23.7. The van der Waals surface area contributed by atoms with Gasteiger partial charge in [-0.3, -0.25) is 0 Å². The van der Waals surface area contributed by atoms with Gasteiger partial charge in [-0.2, -0.15) is 0 Å². The number of hydrogen-bond donors (Lipinski definition) is 0. The van der Waals surface area contributed by atoms with E-state index in [4.69, 9.17) is 9.97 Å². The number of hydrogen-bond acceptors (Lipinski definition) is 2. The van der Waals surface area contributed by atoms with E-state index in [-0.39, 0.29) is 0 Å². The van der Waals surface area contributed by atoms with E-state index in [1.165, 1.54) is 36.8 Å². The summed E-state index contributed by atoms with van der Waals surface area (Å²) in [5, 5.41) is 0. The van der Waals surface area contributed by atoms with Crippen molar-refractivity contribution in [3.8, 4) is 0 Å². The first-order valence-corrected chi connectivity index (χ1v) is 19.2. The Morgan fingerprint density at radius 1 is 0.595 bits per heavy atom. The molecule has 2 fully saturated rings. The van der Waals surface area contributed by atoms with Crippen molar-refractivity contribution in [2.24, 2.45) is 0 Å². The Labute approximate surface area is 225 Å². The molecule has 184 valence electrons. The van der Waals surface area contributed by atoms with Gasteiger partial charge in [0.05, 0.1) is 0 Å². The molecular formula is C32H34N4Zr+2. The Kier molecular flexibility index (Phi) is 7.32. The van der Waals surface area contributed by atoms with E-state index in [2.05, 4.69) is 102 Å². The van der Waals surface area contributed by atoms with Crippen molar-refractivity contribution in [2.45, 2.75) is 46.0 Å². The first kappa shape index (κ1) is 24.3. The van der Waals surface area contributed by atoms with Crippen LogP contribution >= 0.6 is 0 Å². The molecule has 2 atom stereocenters. The molecule has 2 aliphatic rings. The van der Waals surface area contributed by atoms with E-state index in [9.17, 15) is 0 Å². The second kappa shape index (κ2) is 11.1. The van der Waals surface area contributed by atoms with Gasteiger partial charge in [-0.25, -0.2) is 0 Å². The van der Waals surface area contributed by atoms with Crippen LogP contribution in [-0.2, 0) is 29.1 Å². The molecule has 5 heteroatoms. The van der Waals surface area contributed by atoms with Crippen LogP contribution in [0, 0.1) is 0 Å². The molecule has 0 spiro atoms. The molecule has 0 unspecified atom stereocenters. The number of aromatic nitrogens is 2. The molecule has 3 heterocycles. The SMILES string of the molecule is C(c1ccccn1)=[N+]1[C@@H]2CCCC[C@H]2[N+](=Cc2ccccn2)[Zr]1([CH2]c1ccccc1)[CH2]c1ccccc1. The first-order chi connectivity index (χ1) is 18.3. The number of fused-ring (bicyclic) bond motifs is 1. The summed E-state index contributed by atoms with van der Waals surface area (Å²) in [6, 6.07) is 35.9. The number of pyridine rings is 2. The maximum absolute atomic E-state index is 4.76. The van der Waals surface area contributed by atoms with Crippen LogP contribution in [0.1, 0.15) is 48.2 Å². The van der Waals surface area contributed by atoms with Gasteiger partial charge < -0.3 is 0 Å². The molecular weight excluding hydrogens is 532 g/mol. The van der Waals surface area contributed by atoms with Crippen LogP contribution in [0.15, 0.2) is 109 Å². The minimum absolute atomic E-state index is 0.513. The molecule has 0 amide bonds. The van der Waals surface area contributed by atoms with E-state index >= 15 is 0 Å². The van der Waals surface area contributed by atoms with E-state index in [0.29, 0.717) is 12.1 Å². The fourth-order valence-electron chi connectivity index (χ4n) is 6.39. The van der Waals surface area contributed by atoms with Crippen LogP contribution in [-0.4, -0.2) is 39.5 Å². The normalized spacial score (nSPS) is 22.7. The van der Waals surface area contributed by atoms with Crippen molar-refractivity contribution in [1.29, 1.82) is 0 Å². The van der Waals surface area contributed by atoms with Gasteiger partial charge in [0.25, 0.3) is 0 Å². The monoisotopic (exact) mass is 564 g/mol. The predicted molar refractivity (Wildman–Crippen MR) is 146 cm³/mol. The predicted octanol–water partition coefficient (Wildman–Crippen LogP) is 5.75. The van der Waals surface area contributed by atoms with Crippen LogP contribution in [0.25, 0.3) is 0 Å². The van der Waals surface area contributed by atoms with Gasteiger partial charge in [0, 0.05) is 0 Å². The van der Waals surface area contributed by atoms with Gasteiger partial charge in [-0.1, -0.05) is 0 Å². The van der Waals surface area contributed by atoms with Crippen molar-refractivity contribution < 1.29 is 25.9 Å². The summed E-state index contributed by atoms with van der Waals surface area (Å²) in [5.41, 5.74) is 5.00. The summed E-state index contributed by atoms with van der Waals surface area (Å²) in [6.07, 6.45) is 13.8. The molecule has 2 aromatic heterocycles. The fraction of sp³-hybridized carbons (Fsp3) is 0.250.